The summed E-state index contributed by atoms with van der Waals surface area (Å²) in [5.74, 6) is 0.192. The van der Waals surface area contributed by atoms with Crippen molar-refractivity contribution in [3.8, 4) is 0 Å². The van der Waals surface area contributed by atoms with Gasteiger partial charge < -0.3 is 20.2 Å². The Morgan fingerprint density at radius 1 is 1.10 bits per heavy atom. The second kappa shape index (κ2) is 16.9. The van der Waals surface area contributed by atoms with Crippen LogP contribution in [0.5, 0.6) is 0 Å². The number of carboxylic acids is 1. The van der Waals surface area contributed by atoms with Crippen LogP contribution in [0.25, 0.3) is 0 Å². The lowest BCUT2D eigenvalue weighted by Crippen LogP contribution is -2.42. The number of carboxylic acid groups (broad SMARTS) is 1. The maximum Gasteiger partial charge on any atom is 0.326 e. The highest BCUT2D eigenvalue weighted by Gasteiger charge is 2.51. The third-order valence-electron chi connectivity index (χ3n) is 8.87. The zero-order valence-electron chi connectivity index (χ0n) is 27.4. The lowest BCUT2D eigenvalue weighted by atomic mass is 10.1. The molecule has 1 amide bonds. The highest BCUT2D eigenvalue weighted by molar-refractivity contribution is 8.21. The molecule has 2 aromatic rings. The minimum Gasteiger partial charge on any atom is -0.480 e. The number of hydrogen-bond donors (Lipinski definition) is 5. The number of aliphatic carboxylic acids is 1. The molecule has 2 aromatic carbocycles. The van der Waals surface area contributed by atoms with Gasteiger partial charge in [0.1, 0.15) is 17.1 Å². The third kappa shape index (κ3) is 10.3. The van der Waals surface area contributed by atoms with Gasteiger partial charge in [0.15, 0.2) is 0 Å². The second-order valence-corrected chi connectivity index (χ2v) is 21.4. The van der Waals surface area contributed by atoms with E-state index in [-0.39, 0.29) is 32.9 Å². The molecule has 49 heavy (non-hydrogen) atoms. The van der Waals surface area contributed by atoms with Gasteiger partial charge in [-0.15, -0.1) is 23.5 Å². The first kappa shape index (κ1) is 38.8. The molecule has 5 rings (SSSR count). The van der Waals surface area contributed by atoms with Gasteiger partial charge in [-0.25, -0.2) is 22.7 Å². The zero-order valence-corrected chi connectivity index (χ0v) is 32.3. The van der Waals surface area contributed by atoms with Gasteiger partial charge in [-0.05, 0) is 60.9 Å². The molecule has 0 bridgehead atoms. The highest BCUT2D eigenvalue weighted by atomic mass is 35.5. The minimum atomic E-state index is -3.86. The number of hydrogen-bond acceptors (Lipinski definition) is 10. The summed E-state index contributed by atoms with van der Waals surface area (Å²) >= 11 is 11.2. The summed E-state index contributed by atoms with van der Waals surface area (Å²) in [5.41, 5.74) is 2.67. The molecule has 1 spiro atoms. The Bertz CT molecular complexity index is 1660. The molecular weight excluding hydrogens is 747 g/mol. The van der Waals surface area contributed by atoms with Crippen LogP contribution in [0.2, 0.25) is 5.02 Å². The monoisotopic (exact) mass is 790 g/mol. The zero-order chi connectivity index (χ0) is 35.2. The van der Waals surface area contributed by atoms with E-state index in [1.807, 2.05) is 24.3 Å². The van der Waals surface area contributed by atoms with E-state index in [4.69, 9.17) is 11.6 Å². The van der Waals surface area contributed by atoms with Crippen LogP contribution in [0.4, 0.5) is 5.69 Å². The van der Waals surface area contributed by atoms with Crippen molar-refractivity contribution in [2.45, 2.75) is 90.9 Å². The number of nitrogens with one attached hydrogen (secondary N) is 3. The standard InChI is InChI=1S/C32H44ClN4O7PS4/c1-2-3-8-29-35-25-16-24(33)28(17-27(25)48-36-29)49(43,44)34-19-23-11-9-22(10-12-23)7-5-4-6-13-45(41,42)20-30(38)37-21-32(46-14-15-47-32)18-26(37)31(39)40/h9-12,16-17,26,29,34-36H,2-8,13-15,18-21H2,1H3,(H,39,40)(H,41,42)/t26-,29?/m0/s1. The highest BCUT2D eigenvalue weighted by Crippen LogP contribution is 2.52. The van der Waals surface area contributed by atoms with Gasteiger partial charge in [-0.2, -0.15) is 0 Å². The van der Waals surface area contributed by atoms with E-state index in [1.54, 1.807) is 35.7 Å². The molecule has 270 valence electrons. The third-order valence-corrected chi connectivity index (χ3v) is 16.9. The Labute approximate surface area is 306 Å². The summed E-state index contributed by atoms with van der Waals surface area (Å²) in [6.07, 6.45) is 5.75. The van der Waals surface area contributed by atoms with Gasteiger partial charge in [0.05, 0.1) is 21.0 Å². The molecular formula is C32H44ClN4O7PS4. The summed E-state index contributed by atoms with van der Waals surface area (Å²) in [6, 6.07) is 9.92. The Morgan fingerprint density at radius 2 is 1.82 bits per heavy atom. The number of halogens is 1. The number of amides is 1. The van der Waals surface area contributed by atoms with Gasteiger partial charge in [0.25, 0.3) is 0 Å². The smallest absolute Gasteiger partial charge is 0.326 e. The molecule has 2 unspecified atom stereocenters. The molecule has 0 radical (unpaired) electrons. The predicted octanol–water partition coefficient (Wildman–Crippen LogP) is 6.20. The quantitative estimate of drug-likeness (QED) is 0.0744. The van der Waals surface area contributed by atoms with Crippen LogP contribution in [-0.4, -0.2) is 81.9 Å². The van der Waals surface area contributed by atoms with Crippen LogP contribution in [0.1, 0.15) is 63.0 Å². The molecule has 11 nitrogen and oxygen atoms in total. The number of fused-ring (bicyclic) bond motifs is 1. The maximum absolute atomic E-state index is 13.1. The van der Waals surface area contributed by atoms with Crippen LogP contribution < -0.4 is 14.8 Å². The van der Waals surface area contributed by atoms with E-state index >= 15 is 0 Å². The second-order valence-electron chi connectivity index (χ2n) is 12.7. The van der Waals surface area contributed by atoms with Crippen LogP contribution in [0.15, 0.2) is 46.2 Å². The van der Waals surface area contributed by atoms with E-state index in [9.17, 15) is 32.6 Å². The van der Waals surface area contributed by atoms with Gasteiger partial charge in [0, 0.05) is 42.1 Å². The summed E-state index contributed by atoms with van der Waals surface area (Å²) in [7, 11) is -7.61. The average Bonchev–Trinajstić information content (AvgIpc) is 3.69. The lowest BCUT2D eigenvalue weighted by molar-refractivity contribution is -0.147. The fourth-order valence-electron chi connectivity index (χ4n) is 6.18. The van der Waals surface area contributed by atoms with Crippen molar-refractivity contribution < 1.29 is 32.6 Å². The average molecular weight is 791 g/mol. The first-order valence-corrected chi connectivity index (χ1v) is 23.2. The minimum absolute atomic E-state index is 0.0114. The van der Waals surface area contributed by atoms with E-state index in [1.165, 1.54) is 16.8 Å². The number of carbonyl (C=O) groups is 2. The van der Waals surface area contributed by atoms with Gasteiger partial charge in [-0.3, -0.25) is 9.36 Å². The number of anilines is 1. The number of benzene rings is 2. The molecule has 0 aromatic heterocycles. The molecule has 3 aliphatic heterocycles. The van der Waals surface area contributed by atoms with Crippen molar-refractivity contribution in [1.82, 2.24) is 14.3 Å². The number of rotatable bonds is 16. The molecule has 5 N–H and O–H groups in total. The number of aryl methyl sites for hydroxylation is 1. The first-order chi connectivity index (χ1) is 23.3. The number of likely N-dealkylation sites (tertiary alicyclic amines) is 1. The number of sulfonamides is 1. The molecule has 0 aliphatic carbocycles. The predicted molar refractivity (Wildman–Crippen MR) is 200 cm³/mol. The van der Waals surface area contributed by atoms with E-state index < -0.39 is 41.5 Å². The van der Waals surface area contributed by atoms with Crippen LogP contribution >= 0.6 is 54.4 Å². The number of thioether (sulfide) groups is 2. The topological polar surface area (TPSA) is 165 Å². The van der Waals surface area contributed by atoms with Crippen molar-refractivity contribution in [2.75, 3.05) is 35.7 Å². The Kier molecular flexibility index (Phi) is 13.4. The molecule has 3 heterocycles. The van der Waals surface area contributed by atoms with Crippen molar-refractivity contribution in [2.24, 2.45) is 0 Å². The molecule has 2 fully saturated rings. The molecule has 17 heteroatoms. The largest absolute Gasteiger partial charge is 0.480 e. The SMILES string of the molecule is CCCCC1NSc2cc(S(=O)(=O)NCc3ccc(CCCCCP(=O)(O)CC(=O)N4CC5(C[C@H]4C(=O)O)SCCS5)cc3)c(Cl)cc2N1. The van der Waals surface area contributed by atoms with Crippen LogP contribution in [-0.2, 0) is 37.1 Å². The first-order valence-electron chi connectivity index (χ1n) is 16.5. The van der Waals surface area contributed by atoms with Crippen molar-refractivity contribution in [3.63, 3.8) is 0 Å². The van der Waals surface area contributed by atoms with Crippen molar-refractivity contribution >= 4 is 82.0 Å². The number of nitrogens with zero attached hydrogens (tertiary/aromatic N) is 1. The Hall–Kier alpha value is -1.42. The van der Waals surface area contributed by atoms with Gasteiger partial charge in [0.2, 0.25) is 23.3 Å². The summed E-state index contributed by atoms with van der Waals surface area (Å²) in [6.45, 7) is 2.53. The Balaban J connectivity index is 1.04. The molecule has 0 saturated carbocycles. The normalized spacial score (nSPS) is 21.3. The van der Waals surface area contributed by atoms with E-state index in [0.29, 0.717) is 25.8 Å². The Morgan fingerprint density at radius 3 is 2.51 bits per heavy atom. The molecule has 3 atom stereocenters. The van der Waals surface area contributed by atoms with Gasteiger partial charge >= 0.3 is 5.97 Å². The van der Waals surface area contributed by atoms with Crippen molar-refractivity contribution in [1.29, 1.82) is 0 Å². The summed E-state index contributed by atoms with van der Waals surface area (Å²) in [5, 5.41) is 13.2. The van der Waals surface area contributed by atoms with Crippen molar-refractivity contribution in [3.05, 3.63) is 52.5 Å². The number of carbonyl (C=O) groups excluding carboxylic acids is 1. The van der Waals surface area contributed by atoms with E-state index in [2.05, 4.69) is 21.7 Å². The van der Waals surface area contributed by atoms with Crippen LogP contribution in [0.3, 0.4) is 0 Å². The summed E-state index contributed by atoms with van der Waals surface area (Å²) < 4.78 is 44.8. The molecule has 2 saturated heterocycles. The maximum atomic E-state index is 13.1. The molecule has 3 aliphatic rings. The van der Waals surface area contributed by atoms with Gasteiger partial charge in [-0.1, -0.05) is 62.1 Å². The van der Waals surface area contributed by atoms with Crippen LogP contribution in [0, 0.1) is 0 Å². The lowest BCUT2D eigenvalue weighted by Gasteiger charge is -2.28. The fraction of sp³-hybridized carbons (Fsp3) is 0.562. The summed E-state index contributed by atoms with van der Waals surface area (Å²) in [4.78, 5) is 37.4. The fourth-order valence-corrected chi connectivity index (χ4v) is 13.4. The number of unbranched alkanes of at least 4 members (excludes halogenated alkanes) is 3. The van der Waals surface area contributed by atoms with E-state index in [0.717, 1.165) is 65.3 Å².